The number of hydrogen-bond acceptors (Lipinski definition) is 7. The Hall–Kier alpha value is -2.94. The third-order valence-electron chi connectivity index (χ3n) is 2.68. The first-order valence-electron chi connectivity index (χ1n) is 6.10. The summed E-state index contributed by atoms with van der Waals surface area (Å²) in [5.74, 6) is -0.739. The fourth-order valence-electron chi connectivity index (χ4n) is 1.65. The van der Waals surface area contributed by atoms with Gasteiger partial charge in [0.15, 0.2) is 17.1 Å². The molecule has 0 radical (unpaired) electrons. The average Bonchev–Trinajstić information content (AvgIpc) is 3.23. The van der Waals surface area contributed by atoms with Gasteiger partial charge in [0.25, 0.3) is 5.91 Å². The van der Waals surface area contributed by atoms with E-state index in [1.54, 1.807) is 12.1 Å². The highest BCUT2D eigenvalue weighted by molar-refractivity contribution is 7.09. The lowest BCUT2D eigenvalue weighted by atomic mass is 10.3. The Labute approximate surface area is 127 Å². The molecule has 0 bridgehead atoms. The second-order valence-electron chi connectivity index (χ2n) is 4.17. The monoisotopic (exact) mass is 319 g/mol. The van der Waals surface area contributed by atoms with Crippen molar-refractivity contribution in [1.29, 1.82) is 0 Å². The summed E-state index contributed by atoms with van der Waals surface area (Å²) >= 11 is 1.15. The highest BCUT2D eigenvalue weighted by Gasteiger charge is 2.16. The molecule has 1 amide bonds. The van der Waals surface area contributed by atoms with E-state index in [-0.39, 0.29) is 17.9 Å². The number of carboxylic acids is 1. The van der Waals surface area contributed by atoms with Crippen LogP contribution >= 0.6 is 11.3 Å². The van der Waals surface area contributed by atoms with E-state index in [2.05, 4.69) is 15.5 Å². The van der Waals surface area contributed by atoms with Crippen LogP contribution in [0.4, 0.5) is 0 Å². The summed E-state index contributed by atoms with van der Waals surface area (Å²) in [6, 6.07) is 4.84. The molecule has 2 N–H and O–H groups in total. The third-order valence-corrected chi connectivity index (χ3v) is 3.53. The van der Waals surface area contributed by atoms with Crippen LogP contribution in [-0.2, 0) is 6.54 Å². The van der Waals surface area contributed by atoms with Gasteiger partial charge in [-0.05, 0) is 12.1 Å². The molecule has 0 atom stereocenters. The van der Waals surface area contributed by atoms with Crippen molar-refractivity contribution < 1.29 is 23.6 Å². The van der Waals surface area contributed by atoms with E-state index in [1.165, 1.54) is 17.7 Å². The van der Waals surface area contributed by atoms with Crippen LogP contribution in [0.15, 0.2) is 38.8 Å². The minimum absolute atomic E-state index is 0.0456. The van der Waals surface area contributed by atoms with Gasteiger partial charge in [-0.25, -0.2) is 9.78 Å². The maximum absolute atomic E-state index is 11.9. The number of rotatable bonds is 5. The van der Waals surface area contributed by atoms with Gasteiger partial charge in [0, 0.05) is 11.4 Å². The SMILES string of the molecule is O=C(O)c1csc(CNC(=O)c2cc(-c3ccco3)on2)n1. The zero-order chi connectivity index (χ0) is 15.5. The van der Waals surface area contributed by atoms with Crippen molar-refractivity contribution in [3.63, 3.8) is 0 Å². The Kier molecular flexibility index (Phi) is 3.71. The number of carbonyl (C=O) groups is 2. The molecule has 8 nitrogen and oxygen atoms in total. The van der Waals surface area contributed by atoms with Crippen LogP contribution < -0.4 is 5.32 Å². The van der Waals surface area contributed by atoms with Crippen molar-refractivity contribution in [2.75, 3.05) is 0 Å². The van der Waals surface area contributed by atoms with E-state index >= 15 is 0 Å². The molecule has 0 spiro atoms. The number of thiazole rings is 1. The van der Waals surface area contributed by atoms with Gasteiger partial charge in [0.2, 0.25) is 5.76 Å². The molecule has 112 valence electrons. The van der Waals surface area contributed by atoms with Crippen LogP contribution in [0.2, 0.25) is 0 Å². The van der Waals surface area contributed by atoms with Gasteiger partial charge in [-0.3, -0.25) is 4.79 Å². The summed E-state index contributed by atoms with van der Waals surface area (Å²) in [6.45, 7) is 0.111. The first-order valence-corrected chi connectivity index (χ1v) is 6.98. The fraction of sp³-hybridized carbons (Fsp3) is 0.0769. The fourth-order valence-corrected chi connectivity index (χ4v) is 2.36. The van der Waals surface area contributed by atoms with E-state index in [0.29, 0.717) is 16.5 Å². The second kappa shape index (κ2) is 5.82. The Morgan fingerprint density at radius 1 is 1.32 bits per heavy atom. The summed E-state index contributed by atoms with van der Waals surface area (Å²) in [7, 11) is 0. The molecule has 0 saturated carbocycles. The average molecular weight is 319 g/mol. The number of furan rings is 1. The lowest BCUT2D eigenvalue weighted by molar-refractivity contribution is 0.0691. The zero-order valence-electron chi connectivity index (χ0n) is 11.0. The van der Waals surface area contributed by atoms with Crippen molar-refractivity contribution in [2.24, 2.45) is 0 Å². The van der Waals surface area contributed by atoms with Gasteiger partial charge in [0.05, 0.1) is 12.8 Å². The summed E-state index contributed by atoms with van der Waals surface area (Å²) in [6.07, 6.45) is 1.49. The molecule has 22 heavy (non-hydrogen) atoms. The second-order valence-corrected chi connectivity index (χ2v) is 5.11. The number of nitrogens with one attached hydrogen (secondary N) is 1. The van der Waals surface area contributed by atoms with Crippen LogP contribution in [0.25, 0.3) is 11.5 Å². The molecule has 3 aromatic heterocycles. The molecular weight excluding hydrogens is 310 g/mol. The standard InChI is InChI=1S/C13H9N3O5S/c17-12(14-5-11-15-8(6-22-11)13(18)19)7-4-10(21-16-7)9-2-1-3-20-9/h1-4,6H,5H2,(H,14,17)(H,18,19). The Bertz CT molecular complexity index is 805. The third kappa shape index (κ3) is 2.88. The van der Waals surface area contributed by atoms with E-state index in [9.17, 15) is 9.59 Å². The van der Waals surface area contributed by atoms with Crippen LogP contribution in [-0.4, -0.2) is 27.1 Å². The molecule has 0 unspecified atom stereocenters. The summed E-state index contributed by atoms with van der Waals surface area (Å²) in [5.41, 5.74) is 0.0530. The van der Waals surface area contributed by atoms with Gasteiger partial charge in [0.1, 0.15) is 5.01 Å². The van der Waals surface area contributed by atoms with E-state index < -0.39 is 11.9 Å². The lowest BCUT2D eigenvalue weighted by Gasteiger charge is -1.98. The Balaban J connectivity index is 1.63. The summed E-state index contributed by atoms with van der Waals surface area (Å²) < 4.78 is 10.2. The van der Waals surface area contributed by atoms with Crippen LogP contribution in [0.1, 0.15) is 26.0 Å². The predicted molar refractivity (Wildman–Crippen MR) is 74.4 cm³/mol. The van der Waals surface area contributed by atoms with Crippen molar-refractivity contribution in [1.82, 2.24) is 15.5 Å². The highest BCUT2D eigenvalue weighted by atomic mass is 32.1. The first-order chi connectivity index (χ1) is 10.6. The minimum atomic E-state index is -1.10. The number of carboxylic acid groups (broad SMARTS) is 1. The van der Waals surface area contributed by atoms with Gasteiger partial charge in [-0.15, -0.1) is 11.3 Å². The van der Waals surface area contributed by atoms with Crippen LogP contribution in [0.5, 0.6) is 0 Å². The molecule has 3 rings (SSSR count). The van der Waals surface area contributed by atoms with Gasteiger partial charge in [-0.1, -0.05) is 5.16 Å². The van der Waals surface area contributed by atoms with Crippen LogP contribution in [0.3, 0.4) is 0 Å². The minimum Gasteiger partial charge on any atom is -0.476 e. The number of aromatic carboxylic acids is 1. The first kappa shape index (κ1) is 14.0. The predicted octanol–water partition coefficient (Wildman–Crippen LogP) is 2.02. The molecule has 0 saturated heterocycles. The van der Waals surface area contributed by atoms with Crippen LogP contribution in [0, 0.1) is 0 Å². The Morgan fingerprint density at radius 2 is 2.18 bits per heavy atom. The summed E-state index contributed by atoms with van der Waals surface area (Å²) in [5, 5.41) is 16.9. The molecule has 3 heterocycles. The smallest absolute Gasteiger partial charge is 0.355 e. The lowest BCUT2D eigenvalue weighted by Crippen LogP contribution is -2.23. The molecule has 0 fully saturated rings. The van der Waals surface area contributed by atoms with Crippen molar-refractivity contribution in [3.8, 4) is 11.5 Å². The number of carbonyl (C=O) groups excluding carboxylic acids is 1. The zero-order valence-corrected chi connectivity index (χ0v) is 11.8. The maximum atomic E-state index is 11.9. The van der Waals surface area contributed by atoms with Gasteiger partial charge < -0.3 is 19.4 Å². The number of amides is 1. The molecular formula is C13H9N3O5S. The molecule has 0 aliphatic carbocycles. The number of hydrogen-bond donors (Lipinski definition) is 2. The topological polar surface area (TPSA) is 118 Å². The van der Waals surface area contributed by atoms with Crippen molar-refractivity contribution in [2.45, 2.75) is 6.54 Å². The molecule has 0 aromatic carbocycles. The quantitative estimate of drug-likeness (QED) is 0.738. The maximum Gasteiger partial charge on any atom is 0.355 e. The van der Waals surface area contributed by atoms with E-state index in [4.69, 9.17) is 14.0 Å². The molecule has 3 aromatic rings. The van der Waals surface area contributed by atoms with E-state index in [1.807, 2.05) is 0 Å². The summed E-state index contributed by atoms with van der Waals surface area (Å²) in [4.78, 5) is 26.5. The largest absolute Gasteiger partial charge is 0.476 e. The molecule has 9 heteroatoms. The highest BCUT2D eigenvalue weighted by Crippen LogP contribution is 2.20. The Morgan fingerprint density at radius 3 is 2.86 bits per heavy atom. The number of nitrogens with zero attached hydrogens (tertiary/aromatic N) is 2. The molecule has 0 aliphatic heterocycles. The number of aromatic nitrogens is 2. The molecule has 0 aliphatic rings. The van der Waals surface area contributed by atoms with Gasteiger partial charge in [-0.2, -0.15) is 0 Å². The normalized spacial score (nSPS) is 10.5. The van der Waals surface area contributed by atoms with Crippen molar-refractivity contribution in [3.05, 3.63) is 46.2 Å². The van der Waals surface area contributed by atoms with Crippen molar-refractivity contribution >= 4 is 23.2 Å². The van der Waals surface area contributed by atoms with E-state index in [0.717, 1.165) is 11.3 Å². The van der Waals surface area contributed by atoms with Gasteiger partial charge >= 0.3 is 5.97 Å².